The van der Waals surface area contributed by atoms with Crippen molar-refractivity contribution in [2.45, 2.75) is 58.3 Å². The quantitative estimate of drug-likeness (QED) is 0.156. The SMILES string of the molecule is C=C(C)C(=O)Oc1cc(OC=O)cc(C2CCC(c3cc(OC(=O)C(=C)C)cc(OC(=O)C(=C)C)c3)CC2)c1. The fourth-order valence-corrected chi connectivity index (χ4v) is 4.30. The molecule has 0 aliphatic heterocycles. The van der Waals surface area contributed by atoms with E-state index in [0.717, 1.165) is 36.8 Å². The van der Waals surface area contributed by atoms with Gasteiger partial charge >= 0.3 is 17.9 Å². The summed E-state index contributed by atoms with van der Waals surface area (Å²) < 4.78 is 21.3. The molecular formula is C31H32O8. The molecule has 0 bridgehead atoms. The highest BCUT2D eigenvalue weighted by molar-refractivity contribution is 5.90. The van der Waals surface area contributed by atoms with Crippen molar-refractivity contribution in [2.24, 2.45) is 0 Å². The molecule has 1 fully saturated rings. The third-order valence-corrected chi connectivity index (χ3v) is 6.34. The minimum atomic E-state index is -0.575. The lowest BCUT2D eigenvalue weighted by Gasteiger charge is -2.30. The molecular weight excluding hydrogens is 500 g/mol. The Hall–Kier alpha value is -4.46. The fraction of sp³-hybridized carbons (Fsp3) is 0.290. The van der Waals surface area contributed by atoms with Crippen molar-refractivity contribution in [1.82, 2.24) is 0 Å². The first kappa shape index (κ1) is 29.1. The van der Waals surface area contributed by atoms with Crippen molar-refractivity contribution in [3.8, 4) is 23.0 Å². The van der Waals surface area contributed by atoms with Gasteiger partial charge in [-0.1, -0.05) is 19.7 Å². The van der Waals surface area contributed by atoms with Gasteiger partial charge < -0.3 is 18.9 Å². The zero-order valence-electron chi connectivity index (χ0n) is 22.4. The van der Waals surface area contributed by atoms with Gasteiger partial charge in [0.15, 0.2) is 0 Å². The number of carbonyl (C=O) groups excluding carboxylic acids is 4. The summed E-state index contributed by atoms with van der Waals surface area (Å²) in [6, 6.07) is 10.1. The highest BCUT2D eigenvalue weighted by atomic mass is 16.6. The molecule has 204 valence electrons. The molecule has 0 amide bonds. The van der Waals surface area contributed by atoms with Crippen molar-refractivity contribution >= 4 is 24.4 Å². The Bertz CT molecular complexity index is 1280. The van der Waals surface area contributed by atoms with Crippen molar-refractivity contribution in [3.63, 3.8) is 0 Å². The summed E-state index contributed by atoms with van der Waals surface area (Å²) in [7, 11) is 0. The molecule has 1 aliphatic rings. The molecule has 0 heterocycles. The average Bonchev–Trinajstić information content (AvgIpc) is 2.88. The van der Waals surface area contributed by atoms with E-state index in [1.54, 1.807) is 45.0 Å². The average molecular weight is 533 g/mol. The van der Waals surface area contributed by atoms with E-state index < -0.39 is 17.9 Å². The van der Waals surface area contributed by atoms with Gasteiger partial charge in [-0.3, -0.25) is 4.79 Å². The maximum absolute atomic E-state index is 12.1. The Morgan fingerprint density at radius 3 is 1.23 bits per heavy atom. The predicted octanol–water partition coefficient (Wildman–Crippen LogP) is 6.11. The first-order valence-corrected chi connectivity index (χ1v) is 12.5. The summed E-state index contributed by atoms with van der Waals surface area (Å²) in [6.45, 7) is 15.8. The Morgan fingerprint density at radius 1 is 0.615 bits per heavy atom. The molecule has 0 atom stereocenters. The molecule has 8 heteroatoms. The molecule has 0 spiro atoms. The Kier molecular flexibility index (Phi) is 9.60. The molecule has 0 unspecified atom stereocenters. The summed E-state index contributed by atoms with van der Waals surface area (Å²) in [4.78, 5) is 47.2. The number of ether oxygens (including phenoxy) is 4. The molecule has 2 aromatic carbocycles. The minimum Gasteiger partial charge on any atom is -0.429 e. The normalized spacial score (nSPS) is 16.4. The zero-order valence-corrected chi connectivity index (χ0v) is 22.4. The van der Waals surface area contributed by atoms with Crippen molar-refractivity contribution in [1.29, 1.82) is 0 Å². The fourth-order valence-electron chi connectivity index (χ4n) is 4.30. The van der Waals surface area contributed by atoms with Crippen LogP contribution in [0.3, 0.4) is 0 Å². The highest BCUT2D eigenvalue weighted by Gasteiger charge is 2.26. The summed E-state index contributed by atoms with van der Waals surface area (Å²) in [5.41, 5.74) is 2.51. The zero-order chi connectivity index (χ0) is 28.7. The van der Waals surface area contributed by atoms with Gasteiger partial charge in [-0.15, -0.1) is 0 Å². The summed E-state index contributed by atoms with van der Waals surface area (Å²) in [5.74, 6) is -0.401. The van der Waals surface area contributed by atoms with Crippen LogP contribution < -0.4 is 18.9 Å². The van der Waals surface area contributed by atoms with E-state index in [4.69, 9.17) is 18.9 Å². The molecule has 0 saturated heterocycles. The van der Waals surface area contributed by atoms with Gasteiger partial charge in [0.2, 0.25) is 0 Å². The number of carbonyl (C=O) groups is 4. The molecule has 0 aromatic heterocycles. The lowest BCUT2D eigenvalue weighted by molar-refractivity contribution is -0.131. The van der Waals surface area contributed by atoms with Crippen LogP contribution in [0.25, 0.3) is 0 Å². The first-order chi connectivity index (χ1) is 18.5. The maximum atomic E-state index is 12.1. The monoisotopic (exact) mass is 532 g/mol. The third-order valence-electron chi connectivity index (χ3n) is 6.34. The van der Waals surface area contributed by atoms with Gasteiger partial charge in [0.25, 0.3) is 6.47 Å². The molecule has 1 saturated carbocycles. The first-order valence-electron chi connectivity index (χ1n) is 12.5. The maximum Gasteiger partial charge on any atom is 0.338 e. The van der Waals surface area contributed by atoms with Crippen LogP contribution in [0.15, 0.2) is 72.9 Å². The Morgan fingerprint density at radius 2 is 0.923 bits per heavy atom. The van der Waals surface area contributed by atoms with Crippen molar-refractivity contribution < 1.29 is 38.1 Å². The van der Waals surface area contributed by atoms with E-state index in [9.17, 15) is 19.2 Å². The highest BCUT2D eigenvalue weighted by Crippen LogP contribution is 2.43. The Labute approximate surface area is 227 Å². The second-order valence-corrected chi connectivity index (χ2v) is 9.75. The smallest absolute Gasteiger partial charge is 0.338 e. The summed E-state index contributed by atoms with van der Waals surface area (Å²) in [6.07, 6.45) is 3.16. The number of rotatable bonds is 10. The second-order valence-electron chi connectivity index (χ2n) is 9.75. The molecule has 2 aromatic rings. The van der Waals surface area contributed by atoms with Crippen LogP contribution in [0.4, 0.5) is 0 Å². The molecule has 0 N–H and O–H groups in total. The number of benzene rings is 2. The minimum absolute atomic E-state index is 0.113. The largest absolute Gasteiger partial charge is 0.429 e. The molecule has 1 aliphatic carbocycles. The van der Waals surface area contributed by atoms with Gasteiger partial charge in [0.05, 0.1) is 0 Å². The van der Waals surface area contributed by atoms with E-state index in [1.807, 2.05) is 0 Å². The van der Waals surface area contributed by atoms with Crippen LogP contribution in [0.5, 0.6) is 23.0 Å². The van der Waals surface area contributed by atoms with Crippen LogP contribution in [-0.4, -0.2) is 24.4 Å². The van der Waals surface area contributed by atoms with Gasteiger partial charge in [0, 0.05) is 28.9 Å². The standard InChI is InChI=1S/C31H32O8/c1-18(2)29(33)37-26-12-23(11-25(15-26)36-17-32)21-7-9-22(10-8-21)24-13-27(38-30(34)19(3)4)16-28(14-24)39-31(35)20(5)6/h11-17,21-22H,1,3,5,7-10H2,2,4,6H3. The molecule has 8 nitrogen and oxygen atoms in total. The number of hydrogen-bond acceptors (Lipinski definition) is 8. The Balaban J connectivity index is 1.82. The number of esters is 3. The number of hydrogen-bond donors (Lipinski definition) is 0. The van der Waals surface area contributed by atoms with Crippen LogP contribution in [0.1, 0.15) is 69.4 Å². The van der Waals surface area contributed by atoms with Crippen molar-refractivity contribution in [2.75, 3.05) is 0 Å². The van der Waals surface area contributed by atoms with Crippen molar-refractivity contribution in [3.05, 3.63) is 84.0 Å². The topological polar surface area (TPSA) is 105 Å². The van der Waals surface area contributed by atoms with E-state index in [2.05, 4.69) is 19.7 Å². The molecule has 0 radical (unpaired) electrons. The molecule has 3 rings (SSSR count). The van der Waals surface area contributed by atoms with Crippen LogP contribution in [0, 0.1) is 0 Å². The van der Waals surface area contributed by atoms with E-state index in [0.29, 0.717) is 6.47 Å². The van der Waals surface area contributed by atoms with Crippen LogP contribution in [0.2, 0.25) is 0 Å². The summed E-state index contributed by atoms with van der Waals surface area (Å²) >= 11 is 0. The summed E-state index contributed by atoms with van der Waals surface area (Å²) in [5, 5.41) is 0. The predicted molar refractivity (Wildman–Crippen MR) is 145 cm³/mol. The van der Waals surface area contributed by atoms with Gasteiger partial charge in [0.1, 0.15) is 23.0 Å². The van der Waals surface area contributed by atoms with E-state index >= 15 is 0 Å². The lowest BCUT2D eigenvalue weighted by Crippen LogP contribution is -2.15. The lowest BCUT2D eigenvalue weighted by atomic mass is 9.76. The third kappa shape index (κ3) is 8.01. The second kappa shape index (κ2) is 12.9. The van der Waals surface area contributed by atoms with Crippen LogP contribution >= 0.6 is 0 Å². The van der Waals surface area contributed by atoms with Gasteiger partial charge in [-0.2, -0.15) is 0 Å². The van der Waals surface area contributed by atoms with Crippen LogP contribution in [-0.2, 0) is 19.2 Å². The van der Waals surface area contributed by atoms with Gasteiger partial charge in [-0.05, 0) is 93.7 Å². The van der Waals surface area contributed by atoms with Gasteiger partial charge in [-0.25, -0.2) is 14.4 Å². The molecule has 39 heavy (non-hydrogen) atoms. The van der Waals surface area contributed by atoms with E-state index in [-0.39, 0.29) is 51.6 Å². The van der Waals surface area contributed by atoms with E-state index in [1.165, 1.54) is 12.1 Å².